The van der Waals surface area contributed by atoms with E-state index in [1.54, 1.807) is 7.05 Å². The molecule has 0 aliphatic carbocycles. The molecule has 1 aromatic carbocycles. The van der Waals surface area contributed by atoms with Crippen molar-refractivity contribution in [3.05, 3.63) is 47.7 Å². The average molecular weight is 282 g/mol. The molecule has 0 saturated carbocycles. The number of anilines is 2. The van der Waals surface area contributed by atoms with Crippen LogP contribution in [0.5, 0.6) is 0 Å². The fraction of sp³-hybridized carbons (Fsp3) is 0.0833. The highest BCUT2D eigenvalue weighted by Crippen LogP contribution is 2.19. The summed E-state index contributed by atoms with van der Waals surface area (Å²) in [6.45, 7) is 0. The lowest BCUT2D eigenvalue weighted by Gasteiger charge is -2.07. The number of nitrogens with zero attached hydrogens (tertiary/aromatic N) is 2. The maximum Gasteiger partial charge on any atom is 0.276 e. The molecular weight excluding hydrogens is 273 g/mol. The molecule has 0 fully saturated rings. The van der Waals surface area contributed by atoms with Crippen LogP contribution in [0.2, 0.25) is 0 Å². The van der Waals surface area contributed by atoms with Gasteiger partial charge in [-0.2, -0.15) is 0 Å². The van der Waals surface area contributed by atoms with E-state index in [1.807, 2.05) is 5.32 Å². The van der Waals surface area contributed by atoms with E-state index in [-0.39, 0.29) is 5.69 Å². The number of nitrogens with one attached hydrogen (secondary N) is 2. The third kappa shape index (κ3) is 2.85. The summed E-state index contributed by atoms with van der Waals surface area (Å²) in [5.41, 5.74) is -0.731. The van der Waals surface area contributed by atoms with Crippen LogP contribution in [0.25, 0.3) is 0 Å². The molecule has 2 aromatic rings. The van der Waals surface area contributed by atoms with Gasteiger partial charge in [-0.15, -0.1) is 0 Å². The van der Waals surface area contributed by atoms with Gasteiger partial charge in [0, 0.05) is 19.2 Å². The summed E-state index contributed by atoms with van der Waals surface area (Å²) >= 11 is 0. The molecule has 104 valence electrons. The van der Waals surface area contributed by atoms with Crippen LogP contribution in [0.15, 0.2) is 24.5 Å². The fourth-order valence-corrected chi connectivity index (χ4v) is 1.43. The molecule has 0 radical (unpaired) electrons. The summed E-state index contributed by atoms with van der Waals surface area (Å²) in [6, 6.07) is 1.05. The summed E-state index contributed by atoms with van der Waals surface area (Å²) in [5.74, 6) is -4.26. The van der Waals surface area contributed by atoms with Crippen molar-refractivity contribution in [2.75, 3.05) is 17.7 Å². The molecule has 0 saturated heterocycles. The van der Waals surface area contributed by atoms with Gasteiger partial charge in [-0.05, 0) is 0 Å². The smallest absolute Gasteiger partial charge is 0.276 e. The average Bonchev–Trinajstić information content (AvgIpc) is 2.44. The van der Waals surface area contributed by atoms with Crippen molar-refractivity contribution in [1.29, 1.82) is 0 Å². The minimum atomic E-state index is -1.39. The Hall–Kier alpha value is -2.64. The molecule has 1 heterocycles. The van der Waals surface area contributed by atoms with Gasteiger partial charge in [0.05, 0.1) is 18.1 Å². The first-order valence-corrected chi connectivity index (χ1v) is 5.47. The Bertz CT molecular complexity index is 663. The van der Waals surface area contributed by atoms with Crippen molar-refractivity contribution in [3.8, 4) is 0 Å². The number of benzene rings is 1. The Kier molecular flexibility index (Phi) is 3.83. The molecule has 20 heavy (non-hydrogen) atoms. The van der Waals surface area contributed by atoms with Crippen LogP contribution < -0.4 is 10.6 Å². The summed E-state index contributed by atoms with van der Waals surface area (Å²) in [4.78, 5) is 19.4. The SMILES string of the molecule is CNc1cncc(C(=O)Nc2cc(F)cc(F)c2F)n1. The zero-order valence-electron chi connectivity index (χ0n) is 10.2. The van der Waals surface area contributed by atoms with E-state index in [1.165, 1.54) is 6.20 Å². The van der Waals surface area contributed by atoms with Crippen LogP contribution in [-0.2, 0) is 0 Å². The van der Waals surface area contributed by atoms with Gasteiger partial charge in [-0.3, -0.25) is 9.78 Å². The third-order valence-electron chi connectivity index (χ3n) is 2.36. The standard InChI is InChI=1S/C12H9F3N4O/c1-16-10-5-17-4-9(18-10)12(20)19-8-3-6(13)2-7(14)11(8)15/h2-5H,1H3,(H,16,18)(H,19,20). The van der Waals surface area contributed by atoms with E-state index in [0.717, 1.165) is 6.20 Å². The lowest BCUT2D eigenvalue weighted by Crippen LogP contribution is -2.16. The maximum absolute atomic E-state index is 13.4. The van der Waals surface area contributed by atoms with Crippen LogP contribution >= 0.6 is 0 Å². The van der Waals surface area contributed by atoms with E-state index in [2.05, 4.69) is 15.3 Å². The number of carbonyl (C=O) groups is 1. The molecule has 8 heteroatoms. The number of halogens is 3. The molecule has 0 bridgehead atoms. The van der Waals surface area contributed by atoms with Gasteiger partial charge in [0.15, 0.2) is 11.6 Å². The normalized spacial score (nSPS) is 10.2. The third-order valence-corrected chi connectivity index (χ3v) is 2.36. The summed E-state index contributed by atoms with van der Waals surface area (Å²) in [7, 11) is 1.58. The van der Waals surface area contributed by atoms with Crippen LogP contribution in [0.1, 0.15) is 10.5 Å². The second-order valence-corrected chi connectivity index (χ2v) is 3.74. The van der Waals surface area contributed by atoms with Crippen molar-refractivity contribution >= 4 is 17.4 Å². The van der Waals surface area contributed by atoms with Crippen molar-refractivity contribution in [3.63, 3.8) is 0 Å². The van der Waals surface area contributed by atoms with Crippen LogP contribution in [0.3, 0.4) is 0 Å². The number of carbonyl (C=O) groups excluding carboxylic acids is 1. The fourth-order valence-electron chi connectivity index (χ4n) is 1.43. The maximum atomic E-state index is 13.4. The van der Waals surface area contributed by atoms with E-state index in [0.29, 0.717) is 18.0 Å². The van der Waals surface area contributed by atoms with Crippen molar-refractivity contribution in [2.45, 2.75) is 0 Å². The molecule has 1 aromatic heterocycles. The molecule has 2 rings (SSSR count). The predicted molar refractivity (Wildman–Crippen MR) is 65.8 cm³/mol. The number of hydrogen-bond acceptors (Lipinski definition) is 4. The predicted octanol–water partition coefficient (Wildman–Crippen LogP) is 2.19. The molecule has 2 N–H and O–H groups in total. The van der Waals surface area contributed by atoms with E-state index in [4.69, 9.17) is 0 Å². The van der Waals surface area contributed by atoms with Crippen LogP contribution in [-0.4, -0.2) is 22.9 Å². The molecular formula is C12H9F3N4O. The number of hydrogen-bond donors (Lipinski definition) is 2. The van der Waals surface area contributed by atoms with Crippen LogP contribution in [0, 0.1) is 17.5 Å². The first-order valence-electron chi connectivity index (χ1n) is 5.47. The molecule has 0 spiro atoms. The van der Waals surface area contributed by atoms with Gasteiger partial charge in [0.1, 0.15) is 17.3 Å². The summed E-state index contributed by atoms with van der Waals surface area (Å²) in [6.07, 6.45) is 2.52. The monoisotopic (exact) mass is 282 g/mol. The van der Waals surface area contributed by atoms with Gasteiger partial charge in [0.25, 0.3) is 5.91 Å². The summed E-state index contributed by atoms with van der Waals surface area (Å²) in [5, 5.41) is 4.70. The number of amides is 1. The molecule has 0 atom stereocenters. The Morgan fingerprint density at radius 1 is 1.20 bits per heavy atom. The van der Waals surface area contributed by atoms with Gasteiger partial charge in [-0.25, -0.2) is 18.2 Å². The molecule has 1 amide bonds. The topological polar surface area (TPSA) is 66.9 Å². The first kappa shape index (κ1) is 13.8. The molecule has 5 nitrogen and oxygen atoms in total. The molecule has 0 unspecified atom stereocenters. The highest BCUT2D eigenvalue weighted by Gasteiger charge is 2.15. The minimum absolute atomic E-state index is 0.124. The molecule has 0 aliphatic heterocycles. The van der Waals surface area contributed by atoms with Crippen molar-refractivity contribution in [1.82, 2.24) is 9.97 Å². The quantitative estimate of drug-likeness (QED) is 0.847. The second kappa shape index (κ2) is 5.55. The molecule has 0 aliphatic rings. The second-order valence-electron chi connectivity index (χ2n) is 3.74. The Morgan fingerprint density at radius 2 is 1.95 bits per heavy atom. The van der Waals surface area contributed by atoms with Crippen molar-refractivity contribution in [2.24, 2.45) is 0 Å². The van der Waals surface area contributed by atoms with E-state index in [9.17, 15) is 18.0 Å². The van der Waals surface area contributed by atoms with E-state index < -0.39 is 29.0 Å². The lowest BCUT2D eigenvalue weighted by atomic mass is 10.2. The van der Waals surface area contributed by atoms with Gasteiger partial charge in [0.2, 0.25) is 0 Å². The van der Waals surface area contributed by atoms with Gasteiger partial charge in [-0.1, -0.05) is 0 Å². The highest BCUT2D eigenvalue weighted by atomic mass is 19.2. The Morgan fingerprint density at radius 3 is 2.65 bits per heavy atom. The summed E-state index contributed by atoms with van der Waals surface area (Å²) < 4.78 is 39.4. The largest absolute Gasteiger partial charge is 0.372 e. The first-order chi connectivity index (χ1) is 9.51. The lowest BCUT2D eigenvalue weighted by molar-refractivity contribution is 0.102. The Labute approximate surface area is 111 Å². The van der Waals surface area contributed by atoms with E-state index >= 15 is 0 Å². The zero-order chi connectivity index (χ0) is 14.7. The van der Waals surface area contributed by atoms with Gasteiger partial charge >= 0.3 is 0 Å². The Balaban J connectivity index is 2.27. The van der Waals surface area contributed by atoms with Crippen molar-refractivity contribution < 1.29 is 18.0 Å². The van der Waals surface area contributed by atoms with Gasteiger partial charge < -0.3 is 10.6 Å². The van der Waals surface area contributed by atoms with Crippen LogP contribution in [0.4, 0.5) is 24.7 Å². The zero-order valence-corrected chi connectivity index (χ0v) is 10.2. The minimum Gasteiger partial charge on any atom is -0.372 e. The highest BCUT2D eigenvalue weighted by molar-refractivity contribution is 6.02. The number of rotatable bonds is 3. The number of aromatic nitrogens is 2.